The molecule has 2 aromatic rings. The van der Waals surface area contributed by atoms with Gasteiger partial charge in [0.05, 0.1) is 25.9 Å². The number of aliphatic hydroxyl groups excluding tert-OH is 3. The van der Waals surface area contributed by atoms with Crippen LogP contribution in [-0.4, -0.2) is 176 Å². The topological polar surface area (TPSA) is 414 Å². The van der Waals surface area contributed by atoms with Crippen molar-refractivity contribution in [2.75, 3.05) is 32.9 Å². The fraction of sp³-hybridized carbons (Fsp3) is 0.553. The molecule has 1 aliphatic heterocycles. The zero-order chi connectivity index (χ0) is 53.7. The molecule has 25 nitrogen and oxygen atoms in total. The largest absolute Gasteiger partial charge is 0.508 e. The van der Waals surface area contributed by atoms with Gasteiger partial charge in [-0.1, -0.05) is 44.5 Å². The maximum absolute atomic E-state index is 14.3. The SMILES string of the molecule is CC[C@H](C)[C@H](NC(=O)[C@H](CO)NC(=O)[C@H](Cc1ccc(O)cc1)NC(=O)[C@H](Cc1ccc(O)cc1)NC(=O)[C@@H]1CCCN1C(=O)[C@@H](C)N)C(=O)N[C@@H](CCCCN)C(=O)N[C@@H](CO)C(=O)N[C@@H](CO)C(=O)O. The average molecular weight is 1020 g/mol. The lowest BCUT2D eigenvalue weighted by atomic mass is 9.97. The molecule has 8 amide bonds. The van der Waals surface area contributed by atoms with Crippen LogP contribution in [0.25, 0.3) is 0 Å². The predicted octanol–water partition coefficient (Wildman–Crippen LogP) is -4.15. The van der Waals surface area contributed by atoms with Crippen molar-refractivity contribution in [3.63, 3.8) is 0 Å². The molecule has 1 aliphatic rings. The van der Waals surface area contributed by atoms with Crippen LogP contribution < -0.4 is 48.7 Å². The van der Waals surface area contributed by atoms with Crippen LogP contribution in [0.3, 0.4) is 0 Å². The molecular formula is C47H70N10O15. The van der Waals surface area contributed by atoms with Gasteiger partial charge in [0.25, 0.3) is 0 Å². The third kappa shape index (κ3) is 18.0. The van der Waals surface area contributed by atoms with Gasteiger partial charge in [0, 0.05) is 19.4 Å². The normalized spacial score (nSPS) is 17.0. The molecule has 10 atom stereocenters. The number of carbonyl (C=O) groups is 9. The number of phenols is 2. The van der Waals surface area contributed by atoms with Gasteiger partial charge in [-0.05, 0) is 86.9 Å². The number of carbonyl (C=O) groups excluding carboxylic acids is 8. The van der Waals surface area contributed by atoms with Gasteiger partial charge >= 0.3 is 5.97 Å². The summed E-state index contributed by atoms with van der Waals surface area (Å²) in [6, 6.07) is -1.33. The molecule has 0 aliphatic carbocycles. The number of benzene rings is 2. The quantitative estimate of drug-likeness (QED) is 0.0344. The molecule has 72 heavy (non-hydrogen) atoms. The van der Waals surface area contributed by atoms with Crippen molar-refractivity contribution in [1.82, 2.24) is 42.1 Å². The van der Waals surface area contributed by atoms with E-state index in [1.165, 1.54) is 60.4 Å². The number of amides is 8. The maximum Gasteiger partial charge on any atom is 0.328 e. The van der Waals surface area contributed by atoms with Crippen molar-refractivity contribution >= 4 is 53.2 Å². The lowest BCUT2D eigenvalue weighted by Crippen LogP contribution is -2.62. The van der Waals surface area contributed by atoms with Gasteiger partial charge in [-0.3, -0.25) is 38.4 Å². The van der Waals surface area contributed by atoms with Crippen molar-refractivity contribution in [1.29, 1.82) is 0 Å². The number of phenolic OH excluding ortho intramolecular Hbond substituents is 2. The molecule has 0 saturated carbocycles. The minimum Gasteiger partial charge on any atom is -0.508 e. The van der Waals surface area contributed by atoms with Crippen LogP contribution in [0.2, 0.25) is 0 Å². The van der Waals surface area contributed by atoms with Gasteiger partial charge in [-0.15, -0.1) is 0 Å². The molecular weight excluding hydrogens is 945 g/mol. The first-order valence-corrected chi connectivity index (χ1v) is 23.7. The number of aliphatic hydroxyl groups is 3. The summed E-state index contributed by atoms with van der Waals surface area (Å²) in [5.74, 6) is -9.45. The average Bonchev–Trinajstić information content (AvgIpc) is 3.85. The molecule has 0 radical (unpaired) electrons. The van der Waals surface area contributed by atoms with Crippen LogP contribution in [0.1, 0.15) is 70.4 Å². The number of hydrogen-bond donors (Lipinski definition) is 15. The van der Waals surface area contributed by atoms with Gasteiger partial charge in [0.1, 0.15) is 59.8 Å². The monoisotopic (exact) mass is 1010 g/mol. The third-order valence-corrected chi connectivity index (χ3v) is 12.0. The Bertz CT molecular complexity index is 2160. The Morgan fingerprint density at radius 1 is 0.611 bits per heavy atom. The molecule has 1 heterocycles. The van der Waals surface area contributed by atoms with Gasteiger partial charge < -0.3 is 84.2 Å². The van der Waals surface area contributed by atoms with Crippen molar-refractivity contribution in [2.45, 2.75) is 127 Å². The summed E-state index contributed by atoms with van der Waals surface area (Å²) >= 11 is 0. The number of nitrogens with one attached hydrogen (secondary N) is 7. The Balaban J connectivity index is 1.89. The van der Waals surface area contributed by atoms with Crippen molar-refractivity contribution in [3.8, 4) is 11.5 Å². The fourth-order valence-corrected chi connectivity index (χ4v) is 7.63. The van der Waals surface area contributed by atoms with E-state index in [1.807, 2.05) is 5.32 Å². The summed E-state index contributed by atoms with van der Waals surface area (Å²) < 4.78 is 0. The lowest BCUT2D eigenvalue weighted by molar-refractivity contribution is -0.143. The second-order valence-corrected chi connectivity index (χ2v) is 17.6. The molecule has 25 heteroatoms. The van der Waals surface area contributed by atoms with E-state index in [1.54, 1.807) is 13.8 Å². The number of nitrogens with two attached hydrogens (primary N) is 2. The molecule has 17 N–H and O–H groups in total. The minimum atomic E-state index is -1.75. The van der Waals surface area contributed by atoms with Crippen LogP contribution >= 0.6 is 0 Å². The van der Waals surface area contributed by atoms with Gasteiger partial charge in [-0.25, -0.2) is 4.79 Å². The molecule has 0 spiro atoms. The van der Waals surface area contributed by atoms with Crippen molar-refractivity contribution in [3.05, 3.63) is 59.7 Å². The highest BCUT2D eigenvalue weighted by atomic mass is 16.4. The number of aromatic hydroxyl groups is 2. The first-order valence-electron chi connectivity index (χ1n) is 23.7. The molecule has 1 fully saturated rings. The van der Waals surface area contributed by atoms with E-state index >= 15 is 0 Å². The number of aliphatic carboxylic acids is 1. The highest BCUT2D eigenvalue weighted by molar-refractivity contribution is 5.98. The van der Waals surface area contributed by atoms with E-state index in [9.17, 15) is 73.8 Å². The molecule has 398 valence electrons. The molecule has 0 unspecified atom stereocenters. The van der Waals surface area contributed by atoms with E-state index in [0.717, 1.165) is 0 Å². The lowest BCUT2D eigenvalue weighted by Gasteiger charge is -2.29. The Hall–Kier alpha value is -6.93. The summed E-state index contributed by atoms with van der Waals surface area (Å²) in [6.45, 7) is 2.27. The number of likely N-dealkylation sites (tertiary alicyclic amines) is 1. The van der Waals surface area contributed by atoms with E-state index in [2.05, 4.69) is 31.9 Å². The highest BCUT2D eigenvalue weighted by Crippen LogP contribution is 2.20. The van der Waals surface area contributed by atoms with Gasteiger partial charge in [0.2, 0.25) is 47.3 Å². The fourth-order valence-electron chi connectivity index (χ4n) is 7.63. The predicted molar refractivity (Wildman–Crippen MR) is 257 cm³/mol. The van der Waals surface area contributed by atoms with E-state index < -0.39 is 133 Å². The maximum atomic E-state index is 14.3. The van der Waals surface area contributed by atoms with Crippen molar-refractivity contribution in [2.24, 2.45) is 17.4 Å². The summed E-state index contributed by atoms with van der Waals surface area (Å²) in [6.07, 6.45) is 1.32. The Morgan fingerprint density at radius 3 is 1.50 bits per heavy atom. The molecule has 1 saturated heterocycles. The van der Waals surface area contributed by atoms with Crippen LogP contribution in [0.15, 0.2) is 48.5 Å². The van der Waals surface area contributed by atoms with Crippen LogP contribution in [-0.2, 0) is 56.0 Å². The summed E-state index contributed by atoms with van der Waals surface area (Å²) in [4.78, 5) is 122. The highest BCUT2D eigenvalue weighted by Gasteiger charge is 2.39. The van der Waals surface area contributed by atoms with Crippen LogP contribution in [0, 0.1) is 5.92 Å². The number of carboxylic acids is 1. The summed E-state index contributed by atoms with van der Waals surface area (Å²) in [5.41, 5.74) is 12.4. The number of unbranched alkanes of at least 4 members (excludes halogenated alkanes) is 1. The first kappa shape index (κ1) is 59.4. The third-order valence-electron chi connectivity index (χ3n) is 12.0. The number of carboxylic acid groups (broad SMARTS) is 1. The Labute approximate surface area is 416 Å². The number of hydrogen-bond acceptors (Lipinski definition) is 16. The van der Waals surface area contributed by atoms with E-state index in [4.69, 9.17) is 11.5 Å². The zero-order valence-corrected chi connectivity index (χ0v) is 40.5. The Kier molecular flexibility index (Phi) is 24.3. The van der Waals surface area contributed by atoms with E-state index in [-0.39, 0.29) is 63.1 Å². The van der Waals surface area contributed by atoms with Gasteiger partial charge in [0.15, 0.2) is 0 Å². The zero-order valence-electron chi connectivity index (χ0n) is 40.5. The minimum absolute atomic E-state index is 0.0424. The molecule has 0 bridgehead atoms. The first-order chi connectivity index (χ1) is 34.2. The molecule has 2 aromatic carbocycles. The second-order valence-electron chi connectivity index (χ2n) is 17.6. The number of rotatable bonds is 29. The van der Waals surface area contributed by atoms with Crippen molar-refractivity contribution < 1.29 is 73.8 Å². The van der Waals surface area contributed by atoms with Crippen LogP contribution in [0.4, 0.5) is 0 Å². The Morgan fingerprint density at radius 2 is 1.04 bits per heavy atom. The smallest absolute Gasteiger partial charge is 0.328 e. The second kappa shape index (κ2) is 29.4. The molecule has 0 aromatic heterocycles. The van der Waals surface area contributed by atoms with Gasteiger partial charge in [-0.2, -0.15) is 0 Å². The standard InChI is InChI=1S/C47H70N10O15/c1-4-25(2)38(45(69)50-31(8-5-6-18-48)39(63)53-34(22-58)42(66)55-36(24-60)47(71)72)56-43(67)35(23-59)54-41(65)32(20-27-10-14-29(61)15-11-27)51-40(64)33(21-28-12-16-30(62)17-13-28)52-44(68)37-9-7-19-57(37)46(70)26(3)49/h10-17,25-26,31-38,58-62H,4-9,18-24,48-49H2,1-3H3,(H,50,69)(H,51,64)(H,52,68)(H,53,63)(H,54,65)(H,55,66)(H,56,67)(H,71,72)/t25-,26+,31-,32-,33-,34-,35-,36-,37-,38-/m0/s1. The van der Waals surface area contributed by atoms with Crippen LogP contribution in [0.5, 0.6) is 11.5 Å². The van der Waals surface area contributed by atoms with E-state index in [0.29, 0.717) is 24.0 Å². The summed E-state index contributed by atoms with van der Waals surface area (Å²) in [7, 11) is 0. The molecule has 3 rings (SSSR count). The number of nitrogens with zero attached hydrogens (tertiary/aromatic N) is 1. The summed E-state index contributed by atoms with van der Waals surface area (Å²) in [5, 5.41) is 75.8.